The molecule has 0 bridgehead atoms. The van der Waals surface area contributed by atoms with Crippen molar-refractivity contribution < 1.29 is 9.53 Å². The standard InChI is InChI=1S/C20H30N6O2/c1-16(2)21-20(27)19-15-26(23-22-19)13-12-24-8-10-25(11-9-24)14-17-4-6-18(28-3)7-5-17/h4-7,15-16H,8-14H2,1-3H3,(H,21,27). The van der Waals surface area contributed by atoms with Crippen LogP contribution in [-0.4, -0.2) is 76.6 Å². The second-order valence-corrected chi connectivity index (χ2v) is 7.46. The number of methoxy groups -OCH3 is 1. The SMILES string of the molecule is COc1ccc(CN2CCN(CCn3cc(C(=O)NC(C)C)nn3)CC2)cc1. The molecule has 0 atom stereocenters. The molecule has 2 aromatic rings. The average Bonchev–Trinajstić information content (AvgIpc) is 3.17. The zero-order valence-corrected chi connectivity index (χ0v) is 17.0. The molecule has 0 spiro atoms. The first-order valence-corrected chi connectivity index (χ1v) is 9.82. The Kier molecular flexibility index (Phi) is 7.00. The highest BCUT2D eigenvalue weighted by molar-refractivity contribution is 5.91. The van der Waals surface area contributed by atoms with Gasteiger partial charge in [-0.3, -0.25) is 19.3 Å². The van der Waals surface area contributed by atoms with E-state index in [0.717, 1.165) is 51.6 Å². The maximum atomic E-state index is 11.9. The Hall–Kier alpha value is -2.45. The summed E-state index contributed by atoms with van der Waals surface area (Å²) >= 11 is 0. The molecule has 28 heavy (non-hydrogen) atoms. The Labute approximate surface area is 166 Å². The Bertz CT molecular complexity index is 750. The fourth-order valence-corrected chi connectivity index (χ4v) is 3.25. The maximum Gasteiger partial charge on any atom is 0.273 e. The quantitative estimate of drug-likeness (QED) is 0.736. The smallest absolute Gasteiger partial charge is 0.273 e. The highest BCUT2D eigenvalue weighted by Crippen LogP contribution is 2.14. The van der Waals surface area contributed by atoms with Crippen molar-refractivity contribution in [3.05, 3.63) is 41.7 Å². The first kappa shape index (κ1) is 20.3. The molecule has 8 heteroatoms. The molecular weight excluding hydrogens is 356 g/mol. The van der Waals surface area contributed by atoms with E-state index in [4.69, 9.17) is 4.74 Å². The molecule has 1 aliphatic heterocycles. The van der Waals surface area contributed by atoms with E-state index in [-0.39, 0.29) is 11.9 Å². The van der Waals surface area contributed by atoms with Gasteiger partial charge in [0.1, 0.15) is 5.75 Å². The van der Waals surface area contributed by atoms with Crippen molar-refractivity contribution in [1.82, 2.24) is 30.1 Å². The van der Waals surface area contributed by atoms with Crippen LogP contribution < -0.4 is 10.1 Å². The highest BCUT2D eigenvalue weighted by Gasteiger charge is 2.17. The van der Waals surface area contributed by atoms with Crippen LogP contribution >= 0.6 is 0 Å². The minimum atomic E-state index is -0.173. The summed E-state index contributed by atoms with van der Waals surface area (Å²) in [7, 11) is 1.69. The molecule has 0 aliphatic carbocycles. The fraction of sp³-hybridized carbons (Fsp3) is 0.550. The Balaban J connectivity index is 1.39. The molecule has 0 saturated carbocycles. The molecule has 8 nitrogen and oxygen atoms in total. The number of nitrogens with zero attached hydrogens (tertiary/aromatic N) is 5. The minimum Gasteiger partial charge on any atom is -0.497 e. The normalized spacial score (nSPS) is 15.7. The van der Waals surface area contributed by atoms with Gasteiger partial charge in [-0.1, -0.05) is 17.3 Å². The van der Waals surface area contributed by atoms with Gasteiger partial charge in [0.05, 0.1) is 19.9 Å². The molecule has 1 N–H and O–H groups in total. The van der Waals surface area contributed by atoms with E-state index in [0.29, 0.717) is 5.69 Å². The van der Waals surface area contributed by atoms with Crippen LogP contribution in [0.3, 0.4) is 0 Å². The number of aromatic nitrogens is 3. The van der Waals surface area contributed by atoms with Crippen LogP contribution in [0.25, 0.3) is 0 Å². The maximum absolute atomic E-state index is 11.9. The van der Waals surface area contributed by atoms with Crippen molar-refractivity contribution in [2.45, 2.75) is 33.0 Å². The molecule has 2 heterocycles. The van der Waals surface area contributed by atoms with E-state index in [1.807, 2.05) is 26.0 Å². The van der Waals surface area contributed by atoms with Gasteiger partial charge < -0.3 is 10.1 Å². The van der Waals surface area contributed by atoms with E-state index < -0.39 is 0 Å². The van der Waals surface area contributed by atoms with Crippen LogP contribution in [0.15, 0.2) is 30.5 Å². The van der Waals surface area contributed by atoms with Crippen LogP contribution in [0.1, 0.15) is 29.9 Å². The molecular formula is C20H30N6O2. The topological polar surface area (TPSA) is 75.5 Å². The van der Waals surface area contributed by atoms with E-state index in [2.05, 4.69) is 37.6 Å². The fourth-order valence-electron chi connectivity index (χ4n) is 3.25. The second-order valence-electron chi connectivity index (χ2n) is 7.46. The summed E-state index contributed by atoms with van der Waals surface area (Å²) in [6.07, 6.45) is 1.72. The summed E-state index contributed by atoms with van der Waals surface area (Å²) in [5, 5.41) is 10.9. The number of carbonyl (C=O) groups excluding carboxylic acids is 1. The number of ether oxygens (including phenoxy) is 1. The Morgan fingerprint density at radius 3 is 2.43 bits per heavy atom. The van der Waals surface area contributed by atoms with Crippen LogP contribution in [0.5, 0.6) is 5.75 Å². The number of benzene rings is 1. The number of amides is 1. The van der Waals surface area contributed by atoms with Gasteiger partial charge in [-0.25, -0.2) is 0 Å². The molecule has 1 aromatic heterocycles. The Morgan fingerprint density at radius 2 is 1.79 bits per heavy atom. The number of piperazine rings is 1. The third-order valence-electron chi connectivity index (χ3n) is 4.87. The lowest BCUT2D eigenvalue weighted by Gasteiger charge is -2.34. The Morgan fingerprint density at radius 1 is 1.11 bits per heavy atom. The molecule has 1 fully saturated rings. The molecule has 1 aromatic carbocycles. The average molecular weight is 387 g/mol. The molecule has 1 amide bonds. The number of carbonyl (C=O) groups is 1. The van der Waals surface area contributed by atoms with Gasteiger partial charge in [-0.15, -0.1) is 5.10 Å². The van der Waals surface area contributed by atoms with Crippen molar-refractivity contribution >= 4 is 5.91 Å². The third kappa shape index (κ3) is 5.77. The predicted octanol–water partition coefficient (Wildman–Crippen LogP) is 1.24. The van der Waals surface area contributed by atoms with Gasteiger partial charge >= 0.3 is 0 Å². The summed E-state index contributed by atoms with van der Waals surface area (Å²) in [6.45, 7) is 10.6. The lowest BCUT2D eigenvalue weighted by molar-refractivity contribution is 0.0938. The summed E-state index contributed by atoms with van der Waals surface area (Å²) < 4.78 is 6.96. The van der Waals surface area contributed by atoms with Gasteiger partial charge in [0, 0.05) is 45.3 Å². The van der Waals surface area contributed by atoms with Crippen molar-refractivity contribution in [2.24, 2.45) is 0 Å². The highest BCUT2D eigenvalue weighted by atomic mass is 16.5. The van der Waals surface area contributed by atoms with Crippen molar-refractivity contribution in [3.8, 4) is 5.75 Å². The van der Waals surface area contributed by atoms with Crippen LogP contribution in [-0.2, 0) is 13.1 Å². The van der Waals surface area contributed by atoms with Gasteiger partial charge in [-0.2, -0.15) is 0 Å². The third-order valence-corrected chi connectivity index (χ3v) is 4.87. The molecule has 1 saturated heterocycles. The van der Waals surface area contributed by atoms with Gasteiger partial charge in [0.25, 0.3) is 5.91 Å². The first-order valence-electron chi connectivity index (χ1n) is 9.82. The molecule has 0 unspecified atom stereocenters. The van der Waals surface area contributed by atoms with E-state index in [9.17, 15) is 4.79 Å². The summed E-state index contributed by atoms with van der Waals surface area (Å²) in [4.78, 5) is 16.9. The van der Waals surface area contributed by atoms with Crippen molar-refractivity contribution in [1.29, 1.82) is 0 Å². The molecule has 152 valence electrons. The van der Waals surface area contributed by atoms with Gasteiger partial charge in [0.2, 0.25) is 0 Å². The molecule has 0 radical (unpaired) electrons. The monoisotopic (exact) mass is 386 g/mol. The van der Waals surface area contributed by atoms with Gasteiger partial charge in [-0.05, 0) is 31.5 Å². The predicted molar refractivity (Wildman–Crippen MR) is 107 cm³/mol. The van der Waals surface area contributed by atoms with E-state index in [1.54, 1.807) is 18.0 Å². The zero-order chi connectivity index (χ0) is 19.9. The number of hydrogen-bond donors (Lipinski definition) is 1. The summed E-state index contributed by atoms with van der Waals surface area (Å²) in [6, 6.07) is 8.37. The lowest BCUT2D eigenvalue weighted by atomic mass is 10.2. The number of rotatable bonds is 8. The minimum absolute atomic E-state index is 0.0897. The summed E-state index contributed by atoms with van der Waals surface area (Å²) in [5.41, 5.74) is 1.68. The van der Waals surface area contributed by atoms with Crippen LogP contribution in [0, 0.1) is 0 Å². The lowest BCUT2D eigenvalue weighted by Crippen LogP contribution is -2.46. The van der Waals surface area contributed by atoms with Gasteiger partial charge in [0.15, 0.2) is 5.69 Å². The van der Waals surface area contributed by atoms with E-state index in [1.165, 1.54) is 5.56 Å². The van der Waals surface area contributed by atoms with Crippen LogP contribution in [0.4, 0.5) is 0 Å². The van der Waals surface area contributed by atoms with Crippen LogP contribution in [0.2, 0.25) is 0 Å². The van der Waals surface area contributed by atoms with Crippen molar-refractivity contribution in [3.63, 3.8) is 0 Å². The second kappa shape index (κ2) is 9.66. The zero-order valence-electron chi connectivity index (χ0n) is 17.0. The number of nitrogens with one attached hydrogen (secondary N) is 1. The molecule has 1 aliphatic rings. The van der Waals surface area contributed by atoms with Crippen molar-refractivity contribution in [2.75, 3.05) is 39.8 Å². The first-order chi connectivity index (χ1) is 13.5. The molecule has 3 rings (SSSR count). The largest absolute Gasteiger partial charge is 0.497 e. The van der Waals surface area contributed by atoms with E-state index >= 15 is 0 Å². The summed E-state index contributed by atoms with van der Waals surface area (Å²) in [5.74, 6) is 0.722. The number of hydrogen-bond acceptors (Lipinski definition) is 6.